The summed E-state index contributed by atoms with van der Waals surface area (Å²) in [5.74, 6) is -0.550. The first-order valence-corrected chi connectivity index (χ1v) is 9.11. The molecule has 0 aliphatic carbocycles. The van der Waals surface area contributed by atoms with Crippen molar-refractivity contribution in [3.05, 3.63) is 64.4 Å². The van der Waals surface area contributed by atoms with Crippen LogP contribution >= 0.6 is 11.8 Å². The first kappa shape index (κ1) is 18.7. The molecule has 3 N–H and O–H groups in total. The lowest BCUT2D eigenvalue weighted by molar-refractivity contribution is -0.119. The molecule has 1 unspecified atom stereocenters. The fraction of sp³-hybridized carbons (Fsp3) is 0.158. The van der Waals surface area contributed by atoms with Crippen LogP contribution in [0.4, 0.5) is 4.79 Å². The van der Waals surface area contributed by atoms with Crippen LogP contribution < -0.4 is 16.6 Å². The molecule has 1 atom stereocenters. The van der Waals surface area contributed by atoms with Gasteiger partial charge in [0.25, 0.3) is 5.56 Å². The number of benzene rings is 2. The van der Waals surface area contributed by atoms with Gasteiger partial charge < -0.3 is 5.73 Å². The Morgan fingerprint density at radius 2 is 1.81 bits per heavy atom. The van der Waals surface area contributed by atoms with Crippen molar-refractivity contribution in [3.63, 3.8) is 0 Å². The highest BCUT2D eigenvalue weighted by Crippen LogP contribution is 2.26. The highest BCUT2D eigenvalue weighted by Gasteiger charge is 2.21. The quantitative estimate of drug-likeness (QED) is 0.532. The van der Waals surface area contributed by atoms with Crippen molar-refractivity contribution in [1.29, 1.82) is 0 Å². The third-order valence-electron chi connectivity index (χ3n) is 4.00. The molecule has 0 bridgehead atoms. The third-order valence-corrected chi connectivity index (χ3v) is 5.05. The van der Waals surface area contributed by atoms with Gasteiger partial charge in [-0.1, -0.05) is 42.1 Å². The number of aryl methyl sites for hydroxylation is 1. The number of fused-ring (bicyclic) bond motifs is 1. The van der Waals surface area contributed by atoms with Crippen LogP contribution in [-0.2, 0) is 4.79 Å². The molecule has 0 radical (unpaired) electrons. The molecular formula is C19H18N4O3S. The molecule has 0 saturated carbocycles. The van der Waals surface area contributed by atoms with E-state index in [0.29, 0.717) is 21.7 Å². The summed E-state index contributed by atoms with van der Waals surface area (Å²) in [7, 11) is 0. The van der Waals surface area contributed by atoms with Crippen LogP contribution in [0.2, 0.25) is 0 Å². The molecule has 27 heavy (non-hydrogen) atoms. The van der Waals surface area contributed by atoms with Crippen LogP contribution in [0.1, 0.15) is 12.5 Å². The Bertz CT molecular complexity index is 1090. The van der Waals surface area contributed by atoms with Crippen molar-refractivity contribution in [2.75, 3.05) is 0 Å². The maximum atomic E-state index is 13.2. The van der Waals surface area contributed by atoms with Crippen LogP contribution in [0, 0.1) is 6.92 Å². The van der Waals surface area contributed by atoms with Gasteiger partial charge in [-0.05, 0) is 37.6 Å². The van der Waals surface area contributed by atoms with E-state index in [-0.39, 0.29) is 5.56 Å². The van der Waals surface area contributed by atoms with E-state index in [2.05, 4.69) is 4.98 Å². The predicted molar refractivity (Wildman–Crippen MR) is 105 cm³/mol. The van der Waals surface area contributed by atoms with Crippen molar-refractivity contribution >= 4 is 34.6 Å². The Balaban J connectivity index is 2.17. The lowest BCUT2D eigenvalue weighted by Crippen LogP contribution is -2.39. The molecule has 1 heterocycles. The van der Waals surface area contributed by atoms with E-state index in [0.717, 1.165) is 17.3 Å². The number of hydrogen-bond donors (Lipinski definition) is 2. The summed E-state index contributed by atoms with van der Waals surface area (Å²) in [6.45, 7) is 3.51. The van der Waals surface area contributed by atoms with Gasteiger partial charge in [-0.2, -0.15) is 0 Å². The molecule has 0 spiro atoms. The van der Waals surface area contributed by atoms with Gasteiger partial charge in [-0.3, -0.25) is 19.5 Å². The molecule has 8 heteroatoms. The van der Waals surface area contributed by atoms with E-state index in [1.807, 2.05) is 36.5 Å². The standard InChI is InChI=1S/C19H18N4O3S/c1-11-7-3-6-10-15(11)23-17(25)13-8-4-5-9-14(13)21-19(23)27-12(2)16(24)22-18(20)26/h3-10,12H,1-2H3,(H3,20,22,24,26). The number of rotatable bonds is 4. The number of nitrogens with zero attached hydrogens (tertiary/aromatic N) is 2. The second kappa shape index (κ2) is 7.63. The highest BCUT2D eigenvalue weighted by molar-refractivity contribution is 8.00. The Morgan fingerprint density at radius 3 is 2.52 bits per heavy atom. The van der Waals surface area contributed by atoms with Gasteiger partial charge in [0.05, 0.1) is 21.8 Å². The average Bonchev–Trinajstić information content (AvgIpc) is 2.62. The number of urea groups is 1. The first-order chi connectivity index (χ1) is 12.9. The molecule has 3 aromatic rings. The highest BCUT2D eigenvalue weighted by atomic mass is 32.2. The lowest BCUT2D eigenvalue weighted by Gasteiger charge is -2.17. The van der Waals surface area contributed by atoms with Crippen LogP contribution in [-0.4, -0.2) is 26.7 Å². The molecule has 0 saturated heterocycles. The first-order valence-electron chi connectivity index (χ1n) is 8.23. The Kier molecular flexibility index (Phi) is 5.27. The fourth-order valence-electron chi connectivity index (χ4n) is 2.65. The number of nitrogens with one attached hydrogen (secondary N) is 1. The maximum absolute atomic E-state index is 13.2. The smallest absolute Gasteiger partial charge is 0.318 e. The zero-order valence-corrected chi connectivity index (χ0v) is 15.6. The number of imide groups is 1. The van der Waals surface area contributed by atoms with Crippen molar-refractivity contribution < 1.29 is 9.59 Å². The molecule has 0 aliphatic rings. The van der Waals surface area contributed by atoms with E-state index in [4.69, 9.17) is 5.73 Å². The minimum absolute atomic E-state index is 0.222. The van der Waals surface area contributed by atoms with E-state index in [9.17, 15) is 14.4 Å². The van der Waals surface area contributed by atoms with Crippen LogP contribution in [0.3, 0.4) is 0 Å². The van der Waals surface area contributed by atoms with Gasteiger partial charge in [0, 0.05) is 0 Å². The number of amides is 3. The van der Waals surface area contributed by atoms with Crippen molar-refractivity contribution in [3.8, 4) is 5.69 Å². The molecular weight excluding hydrogens is 364 g/mol. The van der Waals surface area contributed by atoms with Crippen LogP contribution in [0.25, 0.3) is 16.6 Å². The number of thioether (sulfide) groups is 1. The summed E-state index contributed by atoms with van der Waals surface area (Å²) < 4.78 is 1.50. The number of hydrogen-bond acceptors (Lipinski definition) is 5. The molecule has 3 amide bonds. The molecule has 0 aliphatic heterocycles. The summed E-state index contributed by atoms with van der Waals surface area (Å²) >= 11 is 1.08. The molecule has 3 rings (SSSR count). The molecule has 138 valence electrons. The number of aromatic nitrogens is 2. The van der Waals surface area contributed by atoms with Crippen molar-refractivity contribution in [2.24, 2.45) is 5.73 Å². The molecule has 1 aromatic heterocycles. The van der Waals surface area contributed by atoms with Gasteiger partial charge >= 0.3 is 6.03 Å². The van der Waals surface area contributed by atoms with Gasteiger partial charge in [0.15, 0.2) is 5.16 Å². The lowest BCUT2D eigenvalue weighted by atomic mass is 10.2. The Labute approximate surface area is 159 Å². The zero-order chi connectivity index (χ0) is 19.6. The van der Waals surface area contributed by atoms with Gasteiger partial charge in [-0.25, -0.2) is 9.78 Å². The summed E-state index contributed by atoms with van der Waals surface area (Å²) in [5, 5.41) is 2.22. The second-order valence-electron chi connectivity index (χ2n) is 5.95. The average molecular weight is 382 g/mol. The normalized spacial score (nSPS) is 11.9. The minimum atomic E-state index is -0.921. The Hall–Kier alpha value is -3.13. The summed E-state index contributed by atoms with van der Waals surface area (Å²) in [6.07, 6.45) is 0. The predicted octanol–water partition coefficient (Wildman–Crippen LogP) is 2.37. The van der Waals surface area contributed by atoms with Crippen molar-refractivity contribution in [2.45, 2.75) is 24.3 Å². The number of carbonyl (C=O) groups is 2. The monoisotopic (exact) mass is 382 g/mol. The number of nitrogens with two attached hydrogens (primary N) is 1. The topological polar surface area (TPSA) is 107 Å². The second-order valence-corrected chi connectivity index (χ2v) is 7.26. The Morgan fingerprint density at radius 1 is 1.15 bits per heavy atom. The largest absolute Gasteiger partial charge is 0.351 e. The van der Waals surface area contributed by atoms with Gasteiger partial charge in [-0.15, -0.1) is 0 Å². The summed E-state index contributed by atoms with van der Waals surface area (Å²) in [5.41, 5.74) is 6.91. The van der Waals surface area contributed by atoms with Gasteiger partial charge in [0.1, 0.15) is 0 Å². The number of primary amides is 1. The number of para-hydroxylation sites is 2. The maximum Gasteiger partial charge on any atom is 0.318 e. The van der Waals surface area contributed by atoms with E-state index in [1.54, 1.807) is 31.2 Å². The minimum Gasteiger partial charge on any atom is -0.351 e. The van der Waals surface area contributed by atoms with Gasteiger partial charge in [0.2, 0.25) is 5.91 Å². The zero-order valence-electron chi connectivity index (χ0n) is 14.8. The number of carbonyl (C=O) groups excluding carboxylic acids is 2. The molecule has 7 nitrogen and oxygen atoms in total. The molecule has 0 fully saturated rings. The van der Waals surface area contributed by atoms with E-state index in [1.165, 1.54) is 4.57 Å². The van der Waals surface area contributed by atoms with Crippen molar-refractivity contribution in [1.82, 2.24) is 14.9 Å². The third kappa shape index (κ3) is 3.85. The van der Waals surface area contributed by atoms with Crippen LogP contribution in [0.5, 0.6) is 0 Å². The summed E-state index contributed by atoms with van der Waals surface area (Å²) in [4.78, 5) is 40.8. The van der Waals surface area contributed by atoms with Crippen LogP contribution in [0.15, 0.2) is 58.5 Å². The summed E-state index contributed by atoms with van der Waals surface area (Å²) in [6, 6.07) is 13.6. The fourth-order valence-corrected chi connectivity index (χ4v) is 3.57. The SMILES string of the molecule is Cc1ccccc1-n1c(SC(C)C(=O)NC(N)=O)nc2ccccc2c1=O. The van der Waals surface area contributed by atoms with E-state index >= 15 is 0 Å². The molecule has 2 aromatic carbocycles. The van der Waals surface area contributed by atoms with E-state index < -0.39 is 17.2 Å².